The maximum atomic E-state index is 12.1. The SMILES string of the molecule is CC12CCNC(=O)CC1CCC1C2CCC2(C)C1CCC21OCCO1. The molecule has 1 amide bonds. The molecule has 0 bridgehead atoms. The second kappa shape index (κ2) is 5.45. The molecule has 6 unspecified atom stereocenters. The number of hydrogen-bond acceptors (Lipinski definition) is 3. The zero-order valence-corrected chi connectivity index (χ0v) is 15.8. The average molecular weight is 347 g/mol. The van der Waals surface area contributed by atoms with E-state index >= 15 is 0 Å². The third kappa shape index (κ3) is 2.10. The molecule has 1 N–H and O–H groups in total. The van der Waals surface area contributed by atoms with Gasteiger partial charge in [-0.2, -0.15) is 0 Å². The summed E-state index contributed by atoms with van der Waals surface area (Å²) in [6.45, 7) is 7.37. The van der Waals surface area contributed by atoms with Crippen LogP contribution < -0.4 is 5.32 Å². The van der Waals surface area contributed by atoms with Crippen LogP contribution in [0.15, 0.2) is 0 Å². The molecule has 2 aliphatic heterocycles. The van der Waals surface area contributed by atoms with Crippen LogP contribution in [0.1, 0.15) is 65.2 Å². The average Bonchev–Trinajstić information content (AvgIpc) is 3.13. The lowest BCUT2D eigenvalue weighted by Gasteiger charge is -2.59. The van der Waals surface area contributed by atoms with Gasteiger partial charge in [-0.15, -0.1) is 0 Å². The van der Waals surface area contributed by atoms with Crippen LogP contribution in [0.5, 0.6) is 0 Å². The molecular formula is C21H33NO3. The number of carbonyl (C=O) groups is 1. The Hall–Kier alpha value is -0.610. The molecule has 5 rings (SSSR count). The van der Waals surface area contributed by atoms with Crippen LogP contribution in [0, 0.1) is 34.5 Å². The first-order valence-electron chi connectivity index (χ1n) is 10.5. The Morgan fingerprint density at radius 2 is 1.72 bits per heavy atom. The van der Waals surface area contributed by atoms with Gasteiger partial charge >= 0.3 is 0 Å². The zero-order chi connectivity index (χ0) is 17.3. The molecule has 4 nitrogen and oxygen atoms in total. The smallest absolute Gasteiger partial charge is 0.220 e. The van der Waals surface area contributed by atoms with Crippen LogP contribution in [-0.4, -0.2) is 31.5 Å². The molecule has 2 heterocycles. The first kappa shape index (κ1) is 16.6. The number of fused-ring (bicyclic) bond motifs is 6. The fourth-order valence-corrected chi connectivity index (χ4v) is 7.91. The van der Waals surface area contributed by atoms with Crippen LogP contribution in [0.25, 0.3) is 0 Å². The molecule has 1 spiro atoms. The lowest BCUT2D eigenvalue weighted by Crippen LogP contribution is -2.56. The second-order valence-electron chi connectivity index (χ2n) is 9.91. The summed E-state index contributed by atoms with van der Waals surface area (Å²) in [5.74, 6) is 2.86. The van der Waals surface area contributed by atoms with Crippen molar-refractivity contribution < 1.29 is 14.3 Å². The maximum Gasteiger partial charge on any atom is 0.220 e. The number of hydrogen-bond donors (Lipinski definition) is 1. The van der Waals surface area contributed by atoms with Gasteiger partial charge in [-0.1, -0.05) is 13.8 Å². The van der Waals surface area contributed by atoms with Crippen molar-refractivity contribution >= 4 is 5.91 Å². The van der Waals surface area contributed by atoms with Gasteiger partial charge in [-0.25, -0.2) is 0 Å². The molecule has 0 aromatic carbocycles. The summed E-state index contributed by atoms with van der Waals surface area (Å²) < 4.78 is 12.5. The molecule has 5 fully saturated rings. The summed E-state index contributed by atoms with van der Waals surface area (Å²) in [7, 11) is 0. The van der Waals surface area contributed by atoms with Gasteiger partial charge < -0.3 is 14.8 Å². The summed E-state index contributed by atoms with van der Waals surface area (Å²) in [6.07, 6.45) is 9.29. The number of rotatable bonds is 0. The van der Waals surface area contributed by atoms with Gasteiger partial charge in [0.05, 0.1) is 13.2 Å². The van der Waals surface area contributed by atoms with Gasteiger partial charge in [0.25, 0.3) is 0 Å². The standard InChI is InChI=1S/C21H33NO3/c1-19-9-10-22-18(23)13-14(19)3-4-15-16(19)5-7-20(2)17(15)6-8-21(20)24-11-12-25-21/h14-17H,3-13H2,1-2H3,(H,22,23). The van der Waals surface area contributed by atoms with Crippen LogP contribution in [0.3, 0.4) is 0 Å². The van der Waals surface area contributed by atoms with Crippen molar-refractivity contribution in [1.82, 2.24) is 5.32 Å². The van der Waals surface area contributed by atoms with E-state index in [1.807, 2.05) is 0 Å². The van der Waals surface area contributed by atoms with E-state index < -0.39 is 0 Å². The Balaban J connectivity index is 1.46. The monoisotopic (exact) mass is 347 g/mol. The highest BCUT2D eigenvalue weighted by Gasteiger charge is 2.67. The molecule has 2 saturated heterocycles. The van der Waals surface area contributed by atoms with Crippen molar-refractivity contribution in [2.24, 2.45) is 34.5 Å². The molecule has 5 aliphatic rings. The molecule has 3 saturated carbocycles. The van der Waals surface area contributed by atoms with Crippen LogP contribution in [0.4, 0.5) is 0 Å². The largest absolute Gasteiger partial charge is 0.356 e. The zero-order valence-electron chi connectivity index (χ0n) is 15.8. The molecule has 4 heteroatoms. The molecule has 140 valence electrons. The van der Waals surface area contributed by atoms with Crippen LogP contribution >= 0.6 is 0 Å². The van der Waals surface area contributed by atoms with Gasteiger partial charge in [0.1, 0.15) is 0 Å². The van der Waals surface area contributed by atoms with Crippen LogP contribution in [-0.2, 0) is 14.3 Å². The van der Waals surface area contributed by atoms with Crippen molar-refractivity contribution in [3.8, 4) is 0 Å². The summed E-state index contributed by atoms with van der Waals surface area (Å²) in [4.78, 5) is 12.1. The second-order valence-corrected chi connectivity index (χ2v) is 9.91. The minimum absolute atomic E-state index is 0.187. The van der Waals surface area contributed by atoms with Crippen molar-refractivity contribution in [3.05, 3.63) is 0 Å². The van der Waals surface area contributed by atoms with Gasteiger partial charge in [-0.05, 0) is 67.6 Å². The highest BCUT2D eigenvalue weighted by atomic mass is 16.7. The van der Waals surface area contributed by atoms with Gasteiger partial charge in [0.15, 0.2) is 5.79 Å². The maximum absolute atomic E-state index is 12.1. The van der Waals surface area contributed by atoms with Crippen molar-refractivity contribution in [3.63, 3.8) is 0 Å². The van der Waals surface area contributed by atoms with E-state index in [0.29, 0.717) is 11.3 Å². The lowest BCUT2D eigenvalue weighted by molar-refractivity contribution is -0.246. The van der Waals surface area contributed by atoms with E-state index in [9.17, 15) is 4.79 Å². The Bertz CT molecular complexity index is 571. The molecule has 0 aromatic heterocycles. The summed E-state index contributed by atoms with van der Waals surface area (Å²) >= 11 is 0. The van der Waals surface area contributed by atoms with E-state index in [1.54, 1.807) is 0 Å². The topological polar surface area (TPSA) is 47.6 Å². The molecule has 0 aromatic rings. The summed E-state index contributed by atoms with van der Waals surface area (Å²) in [5, 5.41) is 3.14. The fraction of sp³-hybridized carbons (Fsp3) is 0.952. The summed E-state index contributed by atoms with van der Waals surface area (Å²) in [5.41, 5.74) is 0.517. The quantitative estimate of drug-likeness (QED) is 0.729. The van der Waals surface area contributed by atoms with E-state index in [1.165, 1.54) is 32.1 Å². The third-order valence-electron chi connectivity index (χ3n) is 9.28. The Morgan fingerprint density at radius 3 is 2.52 bits per heavy atom. The lowest BCUT2D eigenvalue weighted by atomic mass is 9.46. The molecule has 6 atom stereocenters. The number of nitrogens with one attached hydrogen (secondary N) is 1. The number of ether oxygens (including phenoxy) is 2. The predicted molar refractivity (Wildman–Crippen MR) is 94.8 cm³/mol. The number of carbonyl (C=O) groups excluding carboxylic acids is 1. The molecule has 0 radical (unpaired) electrons. The van der Waals surface area contributed by atoms with E-state index in [2.05, 4.69) is 19.2 Å². The van der Waals surface area contributed by atoms with Crippen LogP contribution in [0.2, 0.25) is 0 Å². The molecule has 25 heavy (non-hydrogen) atoms. The van der Waals surface area contributed by atoms with E-state index in [4.69, 9.17) is 9.47 Å². The van der Waals surface area contributed by atoms with Gasteiger partial charge in [-0.3, -0.25) is 4.79 Å². The Labute approximate surface area is 151 Å². The Kier molecular flexibility index (Phi) is 3.61. The van der Waals surface area contributed by atoms with Crippen molar-refractivity contribution in [2.45, 2.75) is 71.0 Å². The van der Waals surface area contributed by atoms with E-state index in [-0.39, 0.29) is 17.1 Å². The highest BCUT2D eigenvalue weighted by molar-refractivity contribution is 5.76. The van der Waals surface area contributed by atoms with Gasteiger partial charge in [0, 0.05) is 24.8 Å². The number of amides is 1. The predicted octanol–water partition coefficient (Wildman–Crippen LogP) is 3.50. The molecular weight excluding hydrogens is 314 g/mol. The van der Waals surface area contributed by atoms with Crippen molar-refractivity contribution in [1.29, 1.82) is 0 Å². The third-order valence-corrected chi connectivity index (χ3v) is 9.28. The first-order valence-corrected chi connectivity index (χ1v) is 10.5. The minimum atomic E-state index is -0.290. The van der Waals surface area contributed by atoms with Gasteiger partial charge in [0.2, 0.25) is 5.91 Å². The fourth-order valence-electron chi connectivity index (χ4n) is 7.91. The molecule has 3 aliphatic carbocycles. The first-order chi connectivity index (χ1) is 12.0. The Morgan fingerprint density at radius 1 is 0.960 bits per heavy atom. The van der Waals surface area contributed by atoms with E-state index in [0.717, 1.165) is 56.8 Å². The minimum Gasteiger partial charge on any atom is -0.356 e. The van der Waals surface area contributed by atoms with Crippen molar-refractivity contribution in [2.75, 3.05) is 19.8 Å². The summed E-state index contributed by atoms with van der Waals surface area (Å²) in [6, 6.07) is 0. The normalized spacial score (nSPS) is 51.4. The highest BCUT2D eigenvalue weighted by Crippen LogP contribution is 2.68.